The quantitative estimate of drug-likeness (QED) is 0.530. The monoisotopic (exact) mass is 242 g/mol. The highest BCUT2D eigenvalue weighted by molar-refractivity contribution is 5.71. The zero-order valence-corrected chi connectivity index (χ0v) is 11.0. The predicted molar refractivity (Wildman–Crippen MR) is 79.8 cm³/mol. The van der Waals surface area contributed by atoms with Gasteiger partial charge in [-0.15, -0.1) is 0 Å². The zero-order valence-electron chi connectivity index (χ0n) is 11.0. The van der Waals surface area contributed by atoms with Crippen LogP contribution in [0.4, 0.5) is 0 Å². The summed E-state index contributed by atoms with van der Waals surface area (Å²) in [5, 5.41) is 6.99. The average Bonchev–Trinajstić information content (AvgIpc) is 2.39. The number of allylic oxidation sites excluding steroid dienone is 2. The van der Waals surface area contributed by atoms with Gasteiger partial charge in [-0.2, -0.15) is 0 Å². The number of benzene rings is 1. The summed E-state index contributed by atoms with van der Waals surface area (Å²) in [7, 11) is 0. The Hall–Kier alpha value is -1.70. The van der Waals surface area contributed by atoms with Crippen molar-refractivity contribution in [2.45, 2.75) is 26.2 Å². The van der Waals surface area contributed by atoms with Crippen LogP contribution in [0.5, 0.6) is 0 Å². The Kier molecular flexibility index (Phi) is 7.45. The minimum absolute atomic E-state index is 0.429. The Balaban J connectivity index is 2.12. The van der Waals surface area contributed by atoms with Crippen molar-refractivity contribution in [3.05, 3.63) is 48.0 Å². The molecule has 0 heterocycles. The van der Waals surface area contributed by atoms with Crippen LogP contribution in [0.3, 0.4) is 0 Å². The van der Waals surface area contributed by atoms with Gasteiger partial charge >= 0.3 is 0 Å². The summed E-state index contributed by atoms with van der Waals surface area (Å²) in [6.45, 7) is 2.98. The van der Waals surface area contributed by atoms with Crippen LogP contribution >= 0.6 is 0 Å². The molecule has 0 saturated carbocycles. The highest BCUT2D eigenvalue weighted by Gasteiger charge is 1.91. The maximum Gasteiger partial charge on any atom is 0.0392 e. The molecule has 0 aliphatic carbocycles. The zero-order chi connectivity index (χ0) is 13.1. The molecular weight excluding hydrogens is 220 g/mol. The maximum absolute atomic E-state index is 6.99. The SMILES string of the molecule is CC(C=CC=NCCCc1ccccc1)CC=N. The van der Waals surface area contributed by atoms with Gasteiger partial charge in [0.15, 0.2) is 0 Å². The lowest BCUT2D eigenvalue weighted by Crippen LogP contribution is -1.90. The van der Waals surface area contributed by atoms with Crippen molar-refractivity contribution in [2.75, 3.05) is 6.54 Å². The third kappa shape index (κ3) is 6.79. The molecular formula is C16H22N2. The summed E-state index contributed by atoms with van der Waals surface area (Å²) in [5.74, 6) is 0.429. The van der Waals surface area contributed by atoms with Crippen molar-refractivity contribution < 1.29 is 0 Å². The fourth-order valence-electron chi connectivity index (χ4n) is 1.66. The van der Waals surface area contributed by atoms with Crippen LogP contribution in [-0.4, -0.2) is 19.0 Å². The molecule has 0 aliphatic rings. The van der Waals surface area contributed by atoms with E-state index in [0.717, 1.165) is 25.8 Å². The van der Waals surface area contributed by atoms with Crippen LogP contribution < -0.4 is 0 Å². The Morgan fingerprint density at radius 1 is 1.28 bits per heavy atom. The van der Waals surface area contributed by atoms with Gasteiger partial charge in [0.25, 0.3) is 0 Å². The molecule has 1 rings (SSSR count). The van der Waals surface area contributed by atoms with E-state index in [1.807, 2.05) is 18.4 Å². The Morgan fingerprint density at radius 2 is 2.06 bits per heavy atom. The molecule has 0 spiro atoms. The summed E-state index contributed by atoms with van der Waals surface area (Å²) < 4.78 is 0. The number of nitrogens with one attached hydrogen (secondary N) is 1. The molecule has 1 unspecified atom stereocenters. The van der Waals surface area contributed by atoms with Crippen molar-refractivity contribution in [3.8, 4) is 0 Å². The first-order valence-corrected chi connectivity index (χ1v) is 6.52. The molecule has 0 aromatic heterocycles. The van der Waals surface area contributed by atoms with Gasteiger partial charge in [0.05, 0.1) is 0 Å². The van der Waals surface area contributed by atoms with Crippen molar-refractivity contribution in [1.29, 1.82) is 5.41 Å². The molecule has 1 aromatic rings. The van der Waals surface area contributed by atoms with Gasteiger partial charge < -0.3 is 5.41 Å². The van der Waals surface area contributed by atoms with Crippen molar-refractivity contribution >= 4 is 12.4 Å². The lowest BCUT2D eigenvalue weighted by Gasteiger charge is -1.98. The predicted octanol–water partition coefficient (Wildman–Crippen LogP) is 3.92. The van der Waals surface area contributed by atoms with Crippen LogP contribution in [-0.2, 0) is 6.42 Å². The Bertz CT molecular complexity index is 379. The Morgan fingerprint density at radius 3 is 2.78 bits per heavy atom. The molecule has 18 heavy (non-hydrogen) atoms. The van der Waals surface area contributed by atoms with Crippen LogP contribution in [0.15, 0.2) is 47.5 Å². The second kappa shape index (κ2) is 9.34. The molecule has 96 valence electrons. The fraction of sp³-hybridized carbons (Fsp3) is 0.375. The average molecular weight is 242 g/mol. The van der Waals surface area contributed by atoms with Crippen molar-refractivity contribution in [1.82, 2.24) is 0 Å². The van der Waals surface area contributed by atoms with Gasteiger partial charge in [-0.25, -0.2) is 0 Å². The molecule has 0 amide bonds. The lowest BCUT2D eigenvalue weighted by molar-refractivity contribution is 0.776. The lowest BCUT2D eigenvalue weighted by atomic mass is 10.1. The van der Waals surface area contributed by atoms with Gasteiger partial charge in [0.2, 0.25) is 0 Å². The van der Waals surface area contributed by atoms with E-state index in [-0.39, 0.29) is 0 Å². The van der Waals surface area contributed by atoms with E-state index in [4.69, 9.17) is 5.41 Å². The van der Waals surface area contributed by atoms with Crippen molar-refractivity contribution in [3.63, 3.8) is 0 Å². The second-order valence-corrected chi connectivity index (χ2v) is 4.45. The largest absolute Gasteiger partial charge is 0.313 e. The number of hydrogen-bond acceptors (Lipinski definition) is 2. The summed E-state index contributed by atoms with van der Waals surface area (Å²) in [6, 6.07) is 10.5. The minimum Gasteiger partial charge on any atom is -0.313 e. The highest BCUT2D eigenvalue weighted by Crippen LogP contribution is 2.02. The number of aryl methyl sites for hydroxylation is 1. The first-order chi connectivity index (χ1) is 8.83. The van der Waals surface area contributed by atoms with Gasteiger partial charge in [-0.05, 0) is 43.0 Å². The van der Waals surface area contributed by atoms with Gasteiger partial charge in [0, 0.05) is 12.8 Å². The molecule has 2 nitrogen and oxygen atoms in total. The summed E-state index contributed by atoms with van der Waals surface area (Å²) in [6.07, 6.45) is 10.4. The number of rotatable bonds is 8. The van der Waals surface area contributed by atoms with E-state index >= 15 is 0 Å². The summed E-state index contributed by atoms with van der Waals surface area (Å²) in [5.41, 5.74) is 1.38. The summed E-state index contributed by atoms with van der Waals surface area (Å²) >= 11 is 0. The molecule has 2 heteroatoms. The normalized spacial score (nSPS) is 13.2. The van der Waals surface area contributed by atoms with Gasteiger partial charge in [-0.1, -0.05) is 43.3 Å². The number of aliphatic imine (C=N–C) groups is 1. The van der Waals surface area contributed by atoms with Crippen LogP contribution in [0.2, 0.25) is 0 Å². The first kappa shape index (κ1) is 14.4. The summed E-state index contributed by atoms with van der Waals surface area (Å²) in [4.78, 5) is 4.35. The molecule has 0 fully saturated rings. The molecule has 1 N–H and O–H groups in total. The Labute approximate surface area is 110 Å². The first-order valence-electron chi connectivity index (χ1n) is 6.52. The standard InChI is InChI=1S/C16H22N2/c1-15(11-12-17)7-5-13-18-14-6-10-16-8-3-2-4-9-16/h2-5,7-9,12-13,15,17H,6,10-11,14H2,1H3. The van der Waals surface area contributed by atoms with Crippen LogP contribution in [0.25, 0.3) is 0 Å². The number of hydrogen-bond donors (Lipinski definition) is 1. The third-order valence-corrected chi connectivity index (χ3v) is 2.72. The second-order valence-electron chi connectivity index (χ2n) is 4.45. The minimum atomic E-state index is 0.429. The maximum atomic E-state index is 6.99. The van der Waals surface area contributed by atoms with E-state index in [1.165, 1.54) is 11.8 Å². The number of nitrogens with zero attached hydrogens (tertiary/aromatic N) is 1. The topological polar surface area (TPSA) is 36.2 Å². The molecule has 0 bridgehead atoms. The van der Waals surface area contributed by atoms with E-state index in [1.54, 1.807) is 0 Å². The van der Waals surface area contributed by atoms with E-state index in [2.05, 4.69) is 42.3 Å². The molecule has 1 aromatic carbocycles. The fourth-order valence-corrected chi connectivity index (χ4v) is 1.66. The van der Waals surface area contributed by atoms with E-state index in [9.17, 15) is 0 Å². The van der Waals surface area contributed by atoms with Gasteiger partial charge in [-0.3, -0.25) is 4.99 Å². The van der Waals surface area contributed by atoms with Crippen LogP contribution in [0, 0.1) is 11.3 Å². The molecule has 0 aliphatic heterocycles. The third-order valence-electron chi connectivity index (χ3n) is 2.72. The highest BCUT2D eigenvalue weighted by atomic mass is 14.7. The van der Waals surface area contributed by atoms with Crippen molar-refractivity contribution in [2.24, 2.45) is 10.9 Å². The molecule has 0 saturated heterocycles. The van der Waals surface area contributed by atoms with E-state index in [0.29, 0.717) is 5.92 Å². The van der Waals surface area contributed by atoms with Gasteiger partial charge in [0.1, 0.15) is 0 Å². The smallest absolute Gasteiger partial charge is 0.0392 e. The van der Waals surface area contributed by atoms with E-state index < -0.39 is 0 Å². The molecule has 1 atom stereocenters. The molecule has 0 radical (unpaired) electrons. The van der Waals surface area contributed by atoms with Crippen LogP contribution in [0.1, 0.15) is 25.3 Å².